The number of carbonyl (C=O) groups is 2. The lowest BCUT2D eigenvalue weighted by atomic mass is 9.93. The van der Waals surface area contributed by atoms with Crippen molar-refractivity contribution >= 4 is 22.6 Å². The van der Waals surface area contributed by atoms with E-state index in [1.165, 1.54) is 5.39 Å². The molecule has 3 aromatic carbocycles. The fourth-order valence-corrected chi connectivity index (χ4v) is 4.06. The Balaban J connectivity index is 1.45. The number of hydrogen-bond donors (Lipinski definition) is 2. The van der Waals surface area contributed by atoms with Crippen LogP contribution in [0.4, 0.5) is 0 Å². The Kier molecular flexibility index (Phi) is 5.32. The number of carbonyl (C=O) groups excluding carboxylic acids is 2. The molecule has 2 amide bonds. The van der Waals surface area contributed by atoms with Crippen molar-refractivity contribution in [2.24, 2.45) is 5.73 Å². The Labute approximate surface area is 170 Å². The number of nitrogens with one attached hydrogen (secondary N) is 1. The van der Waals surface area contributed by atoms with Crippen molar-refractivity contribution in [2.75, 3.05) is 6.54 Å². The maximum Gasteiger partial charge on any atom is 0.235 e. The summed E-state index contributed by atoms with van der Waals surface area (Å²) in [6, 6.07) is 21.8. The normalized spacial score (nSPS) is 17.5. The predicted octanol–water partition coefficient (Wildman–Crippen LogP) is 2.93. The van der Waals surface area contributed by atoms with Crippen LogP contribution in [0.5, 0.6) is 0 Å². The summed E-state index contributed by atoms with van der Waals surface area (Å²) in [7, 11) is 0. The third kappa shape index (κ3) is 4.15. The van der Waals surface area contributed by atoms with Gasteiger partial charge in [0.05, 0.1) is 18.6 Å². The van der Waals surface area contributed by atoms with Gasteiger partial charge < -0.3 is 11.1 Å². The summed E-state index contributed by atoms with van der Waals surface area (Å²) in [5.41, 5.74) is 8.93. The van der Waals surface area contributed by atoms with Crippen molar-refractivity contribution in [1.29, 1.82) is 0 Å². The molecule has 1 aliphatic rings. The first-order valence-corrected chi connectivity index (χ1v) is 9.89. The quantitative estimate of drug-likeness (QED) is 0.707. The minimum atomic E-state index is -0.466. The van der Waals surface area contributed by atoms with Crippen LogP contribution >= 0.6 is 0 Å². The molecule has 2 unspecified atom stereocenters. The number of amides is 2. The zero-order valence-corrected chi connectivity index (χ0v) is 16.5. The lowest BCUT2D eigenvalue weighted by Gasteiger charge is -2.34. The Morgan fingerprint density at radius 1 is 1.03 bits per heavy atom. The van der Waals surface area contributed by atoms with Gasteiger partial charge in [-0.3, -0.25) is 14.5 Å². The van der Waals surface area contributed by atoms with Crippen LogP contribution < -0.4 is 11.1 Å². The van der Waals surface area contributed by atoms with Crippen LogP contribution in [0, 0.1) is 0 Å². The van der Waals surface area contributed by atoms with Crippen LogP contribution in [-0.2, 0) is 22.6 Å². The number of nitrogens with two attached hydrogens (primary N) is 1. The summed E-state index contributed by atoms with van der Waals surface area (Å²) in [6.45, 7) is 2.65. The predicted molar refractivity (Wildman–Crippen MR) is 114 cm³/mol. The monoisotopic (exact) mass is 387 g/mol. The van der Waals surface area contributed by atoms with Gasteiger partial charge in [0.15, 0.2) is 0 Å². The summed E-state index contributed by atoms with van der Waals surface area (Å²) in [6.07, 6.45) is 0.541. The first-order chi connectivity index (χ1) is 14.0. The molecule has 0 aromatic heterocycles. The maximum atomic E-state index is 12.7. The van der Waals surface area contributed by atoms with E-state index in [0.29, 0.717) is 13.0 Å². The zero-order chi connectivity index (χ0) is 20.4. The highest BCUT2D eigenvalue weighted by Gasteiger charge is 2.31. The standard InChI is InChI=1S/C24H25N3O2/c1-16(18-11-10-17-6-2-3-7-19(17)12-18)26-23(28)15-27-14-21-9-5-4-8-20(21)13-22(27)24(25)29/h2-12,16,22H,13-15H2,1H3,(H2,25,29)(H,26,28). The average Bonchev–Trinajstić information content (AvgIpc) is 2.72. The van der Waals surface area contributed by atoms with Crippen LogP contribution in [0.3, 0.4) is 0 Å². The summed E-state index contributed by atoms with van der Waals surface area (Å²) in [5, 5.41) is 5.38. The molecule has 3 N–H and O–H groups in total. The molecule has 29 heavy (non-hydrogen) atoms. The van der Waals surface area contributed by atoms with E-state index < -0.39 is 11.9 Å². The van der Waals surface area contributed by atoms with E-state index in [0.717, 1.165) is 22.1 Å². The van der Waals surface area contributed by atoms with E-state index >= 15 is 0 Å². The fourth-order valence-electron chi connectivity index (χ4n) is 4.06. The molecule has 2 atom stereocenters. The number of benzene rings is 3. The molecule has 1 heterocycles. The van der Waals surface area contributed by atoms with Gasteiger partial charge in [0.25, 0.3) is 0 Å². The van der Waals surface area contributed by atoms with Gasteiger partial charge in [-0.1, -0.05) is 60.7 Å². The number of hydrogen-bond acceptors (Lipinski definition) is 3. The molecule has 1 aliphatic heterocycles. The average molecular weight is 387 g/mol. The zero-order valence-electron chi connectivity index (χ0n) is 16.5. The van der Waals surface area contributed by atoms with Gasteiger partial charge in [-0.15, -0.1) is 0 Å². The molecule has 0 radical (unpaired) electrons. The van der Waals surface area contributed by atoms with Crippen molar-refractivity contribution in [3.63, 3.8) is 0 Å². The summed E-state index contributed by atoms with van der Waals surface area (Å²) in [4.78, 5) is 26.6. The Morgan fingerprint density at radius 3 is 2.48 bits per heavy atom. The molecule has 3 aromatic rings. The topological polar surface area (TPSA) is 75.4 Å². The largest absolute Gasteiger partial charge is 0.368 e. The van der Waals surface area contributed by atoms with Crippen LogP contribution in [0.2, 0.25) is 0 Å². The second-order valence-electron chi connectivity index (χ2n) is 7.69. The molecule has 0 bridgehead atoms. The van der Waals surface area contributed by atoms with Gasteiger partial charge in [0, 0.05) is 6.54 Å². The van der Waals surface area contributed by atoms with Crippen LogP contribution in [0.15, 0.2) is 66.7 Å². The number of rotatable bonds is 5. The van der Waals surface area contributed by atoms with Crippen molar-refractivity contribution in [2.45, 2.75) is 32.0 Å². The molecule has 148 valence electrons. The highest BCUT2D eigenvalue weighted by molar-refractivity contribution is 5.84. The minimum Gasteiger partial charge on any atom is -0.368 e. The number of primary amides is 1. The molecule has 4 rings (SSSR count). The summed E-state index contributed by atoms with van der Waals surface area (Å²) < 4.78 is 0. The van der Waals surface area contributed by atoms with Crippen LogP contribution in [-0.4, -0.2) is 29.3 Å². The van der Waals surface area contributed by atoms with E-state index in [1.54, 1.807) is 0 Å². The molecular formula is C24H25N3O2. The van der Waals surface area contributed by atoms with Gasteiger partial charge in [0.2, 0.25) is 11.8 Å². The van der Waals surface area contributed by atoms with Gasteiger partial charge in [-0.2, -0.15) is 0 Å². The Hall–Kier alpha value is -3.18. The number of nitrogens with zero attached hydrogens (tertiary/aromatic N) is 1. The smallest absolute Gasteiger partial charge is 0.235 e. The maximum absolute atomic E-state index is 12.7. The van der Waals surface area contributed by atoms with Gasteiger partial charge in [-0.05, 0) is 46.9 Å². The molecule has 5 heteroatoms. The van der Waals surface area contributed by atoms with Crippen molar-refractivity contribution in [3.8, 4) is 0 Å². The molecule has 5 nitrogen and oxygen atoms in total. The lowest BCUT2D eigenvalue weighted by molar-refractivity contribution is -0.127. The van der Waals surface area contributed by atoms with Gasteiger partial charge in [0.1, 0.15) is 0 Å². The third-order valence-corrected chi connectivity index (χ3v) is 5.67. The molecule has 0 spiro atoms. The molecule has 0 fully saturated rings. The number of fused-ring (bicyclic) bond motifs is 2. The molecule has 0 saturated heterocycles. The van der Waals surface area contributed by atoms with Crippen LogP contribution in [0.25, 0.3) is 10.8 Å². The second kappa shape index (κ2) is 8.05. The van der Waals surface area contributed by atoms with Crippen molar-refractivity contribution < 1.29 is 9.59 Å². The molecule has 0 saturated carbocycles. The second-order valence-corrected chi connectivity index (χ2v) is 7.69. The first kappa shape index (κ1) is 19.2. The summed E-state index contributed by atoms with van der Waals surface area (Å²) in [5.74, 6) is -0.508. The Morgan fingerprint density at radius 2 is 1.72 bits per heavy atom. The van der Waals surface area contributed by atoms with Crippen LogP contribution in [0.1, 0.15) is 29.7 Å². The van der Waals surface area contributed by atoms with E-state index in [2.05, 4.69) is 29.6 Å². The molecule has 0 aliphatic carbocycles. The highest BCUT2D eigenvalue weighted by atomic mass is 16.2. The van der Waals surface area contributed by atoms with Crippen molar-refractivity contribution in [1.82, 2.24) is 10.2 Å². The lowest BCUT2D eigenvalue weighted by Crippen LogP contribution is -2.51. The third-order valence-electron chi connectivity index (χ3n) is 5.67. The Bertz CT molecular complexity index is 1060. The van der Waals surface area contributed by atoms with Crippen molar-refractivity contribution in [3.05, 3.63) is 83.4 Å². The summed E-state index contributed by atoms with van der Waals surface area (Å²) >= 11 is 0. The van der Waals surface area contributed by atoms with E-state index in [9.17, 15) is 9.59 Å². The minimum absolute atomic E-state index is 0.115. The van der Waals surface area contributed by atoms with E-state index in [1.807, 2.05) is 54.3 Å². The van der Waals surface area contributed by atoms with E-state index in [-0.39, 0.29) is 18.5 Å². The van der Waals surface area contributed by atoms with Gasteiger partial charge >= 0.3 is 0 Å². The van der Waals surface area contributed by atoms with E-state index in [4.69, 9.17) is 5.73 Å². The highest BCUT2D eigenvalue weighted by Crippen LogP contribution is 2.24. The van der Waals surface area contributed by atoms with Gasteiger partial charge in [-0.25, -0.2) is 0 Å². The molecular weight excluding hydrogens is 362 g/mol. The SMILES string of the molecule is CC(NC(=O)CN1Cc2ccccc2CC1C(N)=O)c1ccc2ccccc2c1. The first-order valence-electron chi connectivity index (χ1n) is 9.89. The fraction of sp³-hybridized carbons (Fsp3) is 0.250.